The smallest absolute Gasteiger partial charge is 0.328 e. The number of imidazole rings is 1. The molecule has 0 aliphatic heterocycles. The van der Waals surface area contributed by atoms with Crippen molar-refractivity contribution in [3.8, 4) is 0 Å². The highest BCUT2D eigenvalue weighted by Crippen LogP contribution is 2.12. The second kappa shape index (κ2) is 7.44. The lowest BCUT2D eigenvalue weighted by molar-refractivity contribution is -0.145. The van der Waals surface area contributed by atoms with E-state index in [-0.39, 0.29) is 37.0 Å². The van der Waals surface area contributed by atoms with Crippen LogP contribution in [-0.2, 0) is 29.7 Å². The molecule has 2 aromatic heterocycles. The van der Waals surface area contributed by atoms with Crippen molar-refractivity contribution in [1.82, 2.24) is 24.1 Å². The Labute approximate surface area is 155 Å². The van der Waals surface area contributed by atoms with Gasteiger partial charge in [-0.2, -0.15) is 15.0 Å². The van der Waals surface area contributed by atoms with Crippen LogP contribution in [0, 0.1) is 0 Å². The molecule has 0 atom stereocenters. The van der Waals surface area contributed by atoms with Crippen molar-refractivity contribution in [3.05, 3.63) is 40.6 Å². The largest absolute Gasteiger partial charge is 0.457 e. The van der Waals surface area contributed by atoms with E-state index in [9.17, 15) is 9.59 Å². The molecular weight excluding hydrogens is 350 g/mol. The molecule has 0 aliphatic rings. The fraction of sp³-hybridized carbons (Fsp3) is 0.353. The minimum absolute atomic E-state index is 0.0506. The number of carbonyl (C=O) groups is 1. The molecule has 0 saturated heterocycles. The van der Waals surface area contributed by atoms with Gasteiger partial charge in [-0.3, -0.25) is 13.9 Å². The number of hydrogen-bond acceptors (Lipinski definition) is 8. The number of rotatable bonds is 6. The van der Waals surface area contributed by atoms with E-state index < -0.39 is 5.97 Å². The summed E-state index contributed by atoms with van der Waals surface area (Å²) >= 11 is 0. The van der Waals surface area contributed by atoms with Gasteiger partial charge in [0.05, 0.1) is 17.5 Å². The Morgan fingerprint density at radius 1 is 1.19 bits per heavy atom. The summed E-state index contributed by atoms with van der Waals surface area (Å²) in [6, 6.07) is 7.42. The van der Waals surface area contributed by atoms with E-state index in [0.29, 0.717) is 5.95 Å². The Hall–Kier alpha value is -3.43. The lowest BCUT2D eigenvalue weighted by Crippen LogP contribution is -2.23. The number of fused-ring (bicyclic) bond motifs is 1. The number of carbonyl (C=O) groups excluding carboxylic acids is 1. The minimum atomic E-state index is -0.458. The summed E-state index contributed by atoms with van der Waals surface area (Å²) in [7, 11) is 5.24. The minimum Gasteiger partial charge on any atom is -0.457 e. The summed E-state index contributed by atoms with van der Waals surface area (Å²) in [5.74, 6) is 0.250. The number of nitrogens with two attached hydrogens (primary N) is 1. The monoisotopic (exact) mass is 371 g/mol. The Morgan fingerprint density at radius 2 is 1.89 bits per heavy atom. The van der Waals surface area contributed by atoms with Gasteiger partial charge in [-0.1, -0.05) is 12.1 Å². The fourth-order valence-corrected chi connectivity index (χ4v) is 2.69. The second-order valence-electron chi connectivity index (χ2n) is 6.20. The number of ether oxygens (including phenoxy) is 1. The van der Waals surface area contributed by atoms with Gasteiger partial charge >= 0.3 is 11.7 Å². The molecule has 0 spiro atoms. The van der Waals surface area contributed by atoms with Crippen LogP contribution in [0.1, 0.15) is 12.2 Å². The Morgan fingerprint density at radius 3 is 2.59 bits per heavy atom. The zero-order chi connectivity index (χ0) is 19.6. The van der Waals surface area contributed by atoms with Crippen LogP contribution in [0.2, 0.25) is 0 Å². The number of para-hydroxylation sites is 2. The molecule has 1 aromatic carbocycles. The maximum Gasteiger partial charge on any atom is 0.328 e. The van der Waals surface area contributed by atoms with Crippen molar-refractivity contribution < 1.29 is 9.53 Å². The Kier molecular flexibility index (Phi) is 5.06. The first-order valence-corrected chi connectivity index (χ1v) is 8.34. The average molecular weight is 371 g/mol. The maximum atomic E-state index is 12.3. The molecule has 3 rings (SSSR count). The summed E-state index contributed by atoms with van der Waals surface area (Å²) in [6.07, 6.45) is 0.0506. The predicted octanol–water partition coefficient (Wildman–Crippen LogP) is 0.307. The lowest BCUT2D eigenvalue weighted by Gasteiger charge is -2.11. The molecular formula is C17H21N7O3. The number of aromatic nitrogens is 5. The highest BCUT2D eigenvalue weighted by Gasteiger charge is 2.13. The molecule has 2 heterocycles. The van der Waals surface area contributed by atoms with Crippen LogP contribution < -0.4 is 16.3 Å². The SMILES string of the molecule is CN(C)c1nc(N)nc(COC(=O)CCn2c(=O)n(C)c3ccccc32)n1. The number of hydrogen-bond donors (Lipinski definition) is 1. The highest BCUT2D eigenvalue weighted by atomic mass is 16.5. The summed E-state index contributed by atoms with van der Waals surface area (Å²) in [4.78, 5) is 38.2. The van der Waals surface area contributed by atoms with Crippen molar-refractivity contribution in [2.75, 3.05) is 24.7 Å². The molecule has 0 amide bonds. The number of esters is 1. The molecule has 10 nitrogen and oxygen atoms in total. The predicted molar refractivity (Wildman–Crippen MR) is 100 cm³/mol. The van der Waals surface area contributed by atoms with E-state index in [2.05, 4.69) is 15.0 Å². The number of aryl methyl sites for hydroxylation is 2. The molecule has 3 aromatic rings. The number of anilines is 2. The standard InChI is InChI=1S/C17H21N7O3/c1-22(2)16-20-13(19-15(18)21-16)10-27-14(25)8-9-24-12-7-5-4-6-11(12)23(3)17(24)26/h4-7H,8-10H2,1-3H3,(H2,18,19,20,21). The van der Waals surface area contributed by atoms with Crippen LogP contribution in [-0.4, -0.2) is 44.2 Å². The molecule has 0 unspecified atom stereocenters. The molecule has 27 heavy (non-hydrogen) atoms. The van der Waals surface area contributed by atoms with Crippen molar-refractivity contribution in [2.24, 2.45) is 7.05 Å². The van der Waals surface area contributed by atoms with E-state index in [1.807, 2.05) is 24.3 Å². The summed E-state index contributed by atoms with van der Waals surface area (Å²) in [5, 5.41) is 0. The summed E-state index contributed by atoms with van der Waals surface area (Å²) in [5.41, 5.74) is 7.05. The molecule has 0 fully saturated rings. The van der Waals surface area contributed by atoms with Crippen LogP contribution in [0.4, 0.5) is 11.9 Å². The van der Waals surface area contributed by atoms with Gasteiger partial charge < -0.3 is 15.4 Å². The third-order valence-electron chi connectivity index (χ3n) is 4.04. The van der Waals surface area contributed by atoms with Gasteiger partial charge in [-0.15, -0.1) is 0 Å². The normalized spacial score (nSPS) is 10.9. The van der Waals surface area contributed by atoms with E-state index >= 15 is 0 Å². The highest BCUT2D eigenvalue weighted by molar-refractivity contribution is 5.76. The van der Waals surface area contributed by atoms with Gasteiger partial charge in [0.25, 0.3) is 0 Å². The second-order valence-corrected chi connectivity index (χ2v) is 6.20. The summed E-state index contributed by atoms with van der Waals surface area (Å²) < 4.78 is 8.32. The van der Waals surface area contributed by atoms with Gasteiger partial charge in [0.2, 0.25) is 11.9 Å². The zero-order valence-electron chi connectivity index (χ0n) is 15.4. The molecule has 0 saturated carbocycles. The fourth-order valence-electron chi connectivity index (χ4n) is 2.69. The average Bonchev–Trinajstić information content (AvgIpc) is 2.89. The Bertz CT molecular complexity index is 1040. The van der Waals surface area contributed by atoms with Crippen molar-refractivity contribution in [2.45, 2.75) is 19.6 Å². The third-order valence-corrected chi connectivity index (χ3v) is 4.04. The zero-order valence-corrected chi connectivity index (χ0v) is 15.4. The third kappa shape index (κ3) is 3.89. The number of nitrogens with zero attached hydrogens (tertiary/aromatic N) is 6. The van der Waals surface area contributed by atoms with Crippen LogP contribution in [0.5, 0.6) is 0 Å². The van der Waals surface area contributed by atoms with Crippen molar-refractivity contribution >= 4 is 28.9 Å². The maximum absolute atomic E-state index is 12.3. The summed E-state index contributed by atoms with van der Waals surface area (Å²) in [6.45, 7) is 0.109. The molecule has 0 bridgehead atoms. The van der Waals surface area contributed by atoms with Gasteiger partial charge in [0, 0.05) is 27.7 Å². The van der Waals surface area contributed by atoms with Crippen LogP contribution >= 0.6 is 0 Å². The molecule has 2 N–H and O–H groups in total. The number of nitrogen functional groups attached to an aromatic ring is 1. The van der Waals surface area contributed by atoms with E-state index in [0.717, 1.165) is 11.0 Å². The van der Waals surface area contributed by atoms with Crippen LogP contribution in [0.3, 0.4) is 0 Å². The van der Waals surface area contributed by atoms with Gasteiger partial charge in [0.15, 0.2) is 12.4 Å². The van der Waals surface area contributed by atoms with Gasteiger partial charge in [-0.05, 0) is 12.1 Å². The van der Waals surface area contributed by atoms with E-state index in [1.165, 1.54) is 0 Å². The Balaban J connectivity index is 1.65. The van der Waals surface area contributed by atoms with Crippen LogP contribution in [0.25, 0.3) is 11.0 Å². The van der Waals surface area contributed by atoms with Gasteiger partial charge in [0.1, 0.15) is 0 Å². The van der Waals surface area contributed by atoms with E-state index in [1.54, 1.807) is 35.2 Å². The quantitative estimate of drug-likeness (QED) is 0.614. The van der Waals surface area contributed by atoms with Gasteiger partial charge in [-0.25, -0.2) is 4.79 Å². The van der Waals surface area contributed by atoms with E-state index in [4.69, 9.17) is 10.5 Å². The number of benzene rings is 1. The first-order chi connectivity index (χ1) is 12.9. The van der Waals surface area contributed by atoms with Crippen molar-refractivity contribution in [1.29, 1.82) is 0 Å². The molecule has 0 radical (unpaired) electrons. The first kappa shape index (κ1) is 18.4. The van der Waals surface area contributed by atoms with Crippen LogP contribution in [0.15, 0.2) is 29.1 Å². The molecule has 142 valence electrons. The van der Waals surface area contributed by atoms with Crippen molar-refractivity contribution in [3.63, 3.8) is 0 Å². The topological polar surface area (TPSA) is 121 Å². The first-order valence-electron chi connectivity index (χ1n) is 8.34. The lowest BCUT2D eigenvalue weighted by atomic mass is 10.3. The molecule has 10 heteroatoms. The molecule has 0 aliphatic carbocycles.